The fraction of sp³-hybridized carbons (Fsp3) is 0.308. The zero-order valence-electron chi connectivity index (χ0n) is 12.3. The lowest BCUT2D eigenvalue weighted by Gasteiger charge is -2.14. The number of thioether (sulfide) groups is 1. The maximum atomic E-state index is 12.3. The molecular formula is C13H16N4O4S2. The predicted octanol–water partition coefficient (Wildman–Crippen LogP) is 0.752. The number of nitrogens with one attached hydrogen (secondary N) is 1. The molecule has 0 bridgehead atoms. The molecule has 23 heavy (non-hydrogen) atoms. The van der Waals surface area contributed by atoms with Gasteiger partial charge in [0.2, 0.25) is 10.0 Å². The van der Waals surface area contributed by atoms with Crippen molar-refractivity contribution in [2.24, 2.45) is 0 Å². The third kappa shape index (κ3) is 4.53. The number of nitrogens with zero attached hydrogens (tertiary/aromatic N) is 3. The van der Waals surface area contributed by atoms with Crippen LogP contribution in [0.25, 0.3) is 5.69 Å². The number of benzene rings is 1. The molecule has 1 atom stereocenters. The number of aromatic nitrogens is 3. The summed E-state index contributed by atoms with van der Waals surface area (Å²) in [7, 11) is -3.91. The van der Waals surface area contributed by atoms with E-state index in [1.165, 1.54) is 41.1 Å². The highest BCUT2D eigenvalue weighted by Gasteiger charge is 2.25. The van der Waals surface area contributed by atoms with E-state index in [1.54, 1.807) is 12.1 Å². The van der Waals surface area contributed by atoms with Crippen molar-refractivity contribution in [2.45, 2.75) is 17.4 Å². The number of sulfonamides is 1. The summed E-state index contributed by atoms with van der Waals surface area (Å²) in [6.45, 7) is 0. The van der Waals surface area contributed by atoms with E-state index in [-0.39, 0.29) is 11.3 Å². The first-order valence-corrected chi connectivity index (χ1v) is 9.52. The Morgan fingerprint density at radius 3 is 2.43 bits per heavy atom. The van der Waals surface area contributed by atoms with Crippen molar-refractivity contribution in [3.63, 3.8) is 0 Å². The molecule has 124 valence electrons. The smallest absolute Gasteiger partial charge is 0.321 e. The summed E-state index contributed by atoms with van der Waals surface area (Å²) >= 11 is 1.45. The fourth-order valence-electron chi connectivity index (χ4n) is 1.83. The average Bonchev–Trinajstić information content (AvgIpc) is 3.05. The van der Waals surface area contributed by atoms with E-state index >= 15 is 0 Å². The van der Waals surface area contributed by atoms with Crippen LogP contribution in [0.4, 0.5) is 0 Å². The molecule has 2 aromatic rings. The van der Waals surface area contributed by atoms with E-state index in [4.69, 9.17) is 5.11 Å². The minimum absolute atomic E-state index is 0.0104. The largest absolute Gasteiger partial charge is 0.480 e. The monoisotopic (exact) mass is 356 g/mol. The second kappa shape index (κ2) is 7.57. The molecule has 1 aromatic carbocycles. The summed E-state index contributed by atoms with van der Waals surface area (Å²) in [5, 5.41) is 17.0. The highest BCUT2D eigenvalue weighted by molar-refractivity contribution is 7.98. The molecule has 0 fully saturated rings. The van der Waals surface area contributed by atoms with Crippen LogP contribution < -0.4 is 4.72 Å². The highest BCUT2D eigenvalue weighted by atomic mass is 32.2. The molecule has 0 aliphatic carbocycles. The Hall–Kier alpha value is -1.91. The van der Waals surface area contributed by atoms with Gasteiger partial charge in [-0.05, 0) is 42.7 Å². The van der Waals surface area contributed by atoms with Crippen molar-refractivity contribution >= 4 is 27.8 Å². The van der Waals surface area contributed by atoms with Crippen LogP contribution in [-0.2, 0) is 14.8 Å². The van der Waals surface area contributed by atoms with Crippen LogP contribution in [0.1, 0.15) is 6.42 Å². The number of carboxylic acid groups (broad SMARTS) is 1. The SMILES string of the molecule is CSCC[C@@H](NS(=O)(=O)c1ccc(-n2nccn2)cc1)C(=O)O. The van der Waals surface area contributed by atoms with Gasteiger partial charge in [0.1, 0.15) is 6.04 Å². The number of hydrogen-bond acceptors (Lipinski definition) is 6. The fourth-order valence-corrected chi connectivity index (χ4v) is 3.53. The standard InChI is InChI=1S/C13H16N4O4S2/c1-22-9-6-12(13(18)19)16-23(20,21)11-4-2-10(3-5-11)17-14-7-8-15-17/h2-5,7-8,12,16H,6,9H2,1H3,(H,18,19)/t12-/m1/s1. The first kappa shape index (κ1) is 17.4. The second-order valence-corrected chi connectivity index (χ2v) is 7.31. The maximum absolute atomic E-state index is 12.3. The van der Waals surface area contributed by atoms with Gasteiger partial charge in [-0.2, -0.15) is 31.5 Å². The van der Waals surface area contributed by atoms with Gasteiger partial charge in [-0.1, -0.05) is 0 Å². The third-order valence-electron chi connectivity index (χ3n) is 3.00. The highest BCUT2D eigenvalue weighted by Crippen LogP contribution is 2.14. The summed E-state index contributed by atoms with van der Waals surface area (Å²) in [6, 6.07) is 4.71. The van der Waals surface area contributed by atoms with E-state index in [1.807, 2.05) is 6.26 Å². The average molecular weight is 356 g/mol. The Balaban J connectivity index is 2.16. The molecule has 1 aromatic heterocycles. The van der Waals surface area contributed by atoms with Gasteiger partial charge in [-0.15, -0.1) is 0 Å². The minimum Gasteiger partial charge on any atom is -0.480 e. The molecule has 2 N–H and O–H groups in total. The molecule has 0 spiro atoms. The van der Waals surface area contributed by atoms with Gasteiger partial charge in [-0.3, -0.25) is 4.79 Å². The number of rotatable bonds is 8. The Kier molecular flexibility index (Phi) is 5.74. The molecule has 0 aliphatic rings. The van der Waals surface area contributed by atoms with Gasteiger partial charge in [0.15, 0.2) is 0 Å². The normalized spacial score (nSPS) is 12.9. The van der Waals surface area contributed by atoms with Crippen LogP contribution in [0.2, 0.25) is 0 Å². The summed E-state index contributed by atoms with van der Waals surface area (Å²) in [6.07, 6.45) is 5.06. The number of carbonyl (C=O) groups is 1. The summed E-state index contributed by atoms with van der Waals surface area (Å²) in [5.74, 6) is -0.649. The first-order chi connectivity index (χ1) is 10.9. The molecule has 0 aliphatic heterocycles. The van der Waals surface area contributed by atoms with E-state index in [9.17, 15) is 13.2 Å². The topological polar surface area (TPSA) is 114 Å². The molecular weight excluding hydrogens is 340 g/mol. The van der Waals surface area contributed by atoms with Gasteiger partial charge < -0.3 is 5.11 Å². The van der Waals surface area contributed by atoms with Crippen molar-refractivity contribution in [1.82, 2.24) is 19.7 Å². The quantitative estimate of drug-likeness (QED) is 0.717. The molecule has 0 radical (unpaired) electrons. The van der Waals surface area contributed by atoms with Gasteiger partial charge in [-0.25, -0.2) is 8.42 Å². The lowest BCUT2D eigenvalue weighted by Crippen LogP contribution is -2.41. The van der Waals surface area contributed by atoms with Gasteiger partial charge in [0, 0.05) is 0 Å². The number of carboxylic acids is 1. The molecule has 1 heterocycles. The van der Waals surface area contributed by atoms with Gasteiger partial charge in [0.25, 0.3) is 0 Å². The Bertz CT molecular complexity index is 745. The Morgan fingerprint density at radius 2 is 1.91 bits per heavy atom. The lowest BCUT2D eigenvalue weighted by atomic mass is 10.2. The zero-order valence-corrected chi connectivity index (χ0v) is 13.9. The van der Waals surface area contributed by atoms with E-state index in [2.05, 4.69) is 14.9 Å². The zero-order chi connectivity index (χ0) is 16.9. The summed E-state index contributed by atoms with van der Waals surface area (Å²) < 4.78 is 26.8. The third-order valence-corrected chi connectivity index (χ3v) is 5.13. The van der Waals surface area contributed by atoms with Crippen LogP contribution in [0.3, 0.4) is 0 Å². The van der Waals surface area contributed by atoms with Crippen LogP contribution in [0, 0.1) is 0 Å². The van der Waals surface area contributed by atoms with Crippen molar-refractivity contribution in [3.05, 3.63) is 36.7 Å². The molecule has 0 unspecified atom stereocenters. The molecule has 8 nitrogen and oxygen atoms in total. The molecule has 0 amide bonds. The van der Waals surface area contributed by atoms with E-state index in [0.29, 0.717) is 11.4 Å². The minimum atomic E-state index is -3.91. The summed E-state index contributed by atoms with van der Waals surface area (Å²) in [5.41, 5.74) is 0.603. The lowest BCUT2D eigenvalue weighted by molar-refractivity contribution is -0.139. The van der Waals surface area contributed by atoms with Crippen LogP contribution >= 0.6 is 11.8 Å². The summed E-state index contributed by atoms with van der Waals surface area (Å²) in [4.78, 5) is 12.5. The van der Waals surface area contributed by atoms with Crippen LogP contribution in [-0.4, -0.2) is 52.5 Å². The molecule has 0 saturated heterocycles. The molecule has 2 rings (SSSR count). The van der Waals surface area contributed by atoms with Crippen LogP contribution in [0.5, 0.6) is 0 Å². The first-order valence-electron chi connectivity index (χ1n) is 6.65. The Morgan fingerprint density at radius 1 is 1.30 bits per heavy atom. The molecule has 10 heteroatoms. The maximum Gasteiger partial charge on any atom is 0.321 e. The predicted molar refractivity (Wildman–Crippen MR) is 86.1 cm³/mol. The van der Waals surface area contributed by atoms with Crippen molar-refractivity contribution in [2.75, 3.05) is 12.0 Å². The Labute approximate surface area is 137 Å². The van der Waals surface area contributed by atoms with Crippen molar-refractivity contribution in [1.29, 1.82) is 0 Å². The van der Waals surface area contributed by atoms with Crippen molar-refractivity contribution < 1.29 is 18.3 Å². The molecule has 0 saturated carbocycles. The second-order valence-electron chi connectivity index (χ2n) is 4.61. The van der Waals surface area contributed by atoms with E-state index < -0.39 is 22.0 Å². The van der Waals surface area contributed by atoms with Gasteiger partial charge >= 0.3 is 5.97 Å². The van der Waals surface area contributed by atoms with E-state index in [0.717, 1.165) is 0 Å². The number of hydrogen-bond donors (Lipinski definition) is 2. The number of aliphatic carboxylic acids is 1. The van der Waals surface area contributed by atoms with Crippen LogP contribution in [0.15, 0.2) is 41.6 Å². The van der Waals surface area contributed by atoms with Crippen molar-refractivity contribution in [3.8, 4) is 5.69 Å². The van der Waals surface area contributed by atoms with Gasteiger partial charge in [0.05, 0.1) is 23.0 Å².